The van der Waals surface area contributed by atoms with E-state index in [1.54, 1.807) is 24.3 Å². The first-order valence-corrected chi connectivity index (χ1v) is 10.7. The van der Waals surface area contributed by atoms with Crippen molar-refractivity contribution in [1.29, 1.82) is 0 Å². The average Bonchev–Trinajstić information content (AvgIpc) is 3.14. The highest BCUT2D eigenvalue weighted by molar-refractivity contribution is 8.00. The number of rotatable bonds is 2. The highest BCUT2D eigenvalue weighted by Crippen LogP contribution is 2.36. The minimum atomic E-state index is -0.223. The molecule has 2 aromatic rings. The third kappa shape index (κ3) is 5.53. The van der Waals surface area contributed by atoms with E-state index in [4.69, 9.17) is 5.73 Å². The van der Waals surface area contributed by atoms with Gasteiger partial charge in [-0.2, -0.15) is 0 Å². The molecule has 148 valence electrons. The lowest BCUT2D eigenvalue weighted by atomic mass is 10.1. The molecule has 2 aromatic carbocycles. The number of thiol groups is 1. The first kappa shape index (κ1) is 20.8. The Morgan fingerprint density at radius 3 is 2.61 bits per heavy atom. The predicted molar refractivity (Wildman–Crippen MR) is 118 cm³/mol. The first-order chi connectivity index (χ1) is 13.4. The summed E-state index contributed by atoms with van der Waals surface area (Å²) in [4.78, 5) is 25.8. The largest absolute Gasteiger partial charge is 0.328 e. The van der Waals surface area contributed by atoms with E-state index < -0.39 is 0 Å². The fraction of sp³-hybridized carbons (Fsp3) is 0.333. The molecule has 1 heterocycles. The zero-order chi connectivity index (χ0) is 20.1. The third-order valence-corrected chi connectivity index (χ3v) is 6.13. The molecule has 1 atom stereocenters. The maximum atomic E-state index is 12.3. The van der Waals surface area contributed by atoms with Crippen molar-refractivity contribution in [3.8, 4) is 0 Å². The van der Waals surface area contributed by atoms with Crippen molar-refractivity contribution in [1.82, 2.24) is 0 Å². The molecule has 2 amide bonds. The molecular formula is C21H25N3O2S2. The first-order valence-electron chi connectivity index (χ1n) is 9.40. The fourth-order valence-electron chi connectivity index (χ4n) is 3.09. The molecule has 2 aliphatic rings. The van der Waals surface area contributed by atoms with Crippen LogP contribution in [0.3, 0.4) is 0 Å². The number of nitrogens with two attached hydrogens (primary N) is 1. The molecule has 0 spiro atoms. The molecule has 1 aliphatic heterocycles. The van der Waals surface area contributed by atoms with Crippen LogP contribution >= 0.6 is 24.4 Å². The summed E-state index contributed by atoms with van der Waals surface area (Å²) in [6, 6.07) is 13.1. The van der Waals surface area contributed by atoms with E-state index in [1.165, 1.54) is 37.4 Å². The van der Waals surface area contributed by atoms with Crippen LogP contribution in [0, 0.1) is 0 Å². The summed E-state index contributed by atoms with van der Waals surface area (Å²) < 4.78 is 0. The molecule has 1 aliphatic carbocycles. The van der Waals surface area contributed by atoms with Gasteiger partial charge in [0.05, 0.1) is 10.9 Å². The van der Waals surface area contributed by atoms with E-state index in [-0.39, 0.29) is 17.1 Å². The Labute approximate surface area is 175 Å². The Bertz CT molecular complexity index is 866. The molecular weight excluding hydrogens is 390 g/mol. The van der Waals surface area contributed by atoms with E-state index in [0.29, 0.717) is 23.0 Å². The van der Waals surface area contributed by atoms with Crippen LogP contribution in [-0.2, 0) is 4.79 Å². The quantitative estimate of drug-likeness (QED) is 0.542. The number of nitrogens with one attached hydrogen (secondary N) is 2. The van der Waals surface area contributed by atoms with Crippen molar-refractivity contribution in [2.24, 2.45) is 5.73 Å². The topological polar surface area (TPSA) is 84.2 Å². The van der Waals surface area contributed by atoms with Crippen molar-refractivity contribution in [2.75, 3.05) is 10.6 Å². The predicted octanol–water partition coefficient (Wildman–Crippen LogP) is 4.55. The fourth-order valence-corrected chi connectivity index (χ4v) is 4.25. The van der Waals surface area contributed by atoms with Gasteiger partial charge < -0.3 is 16.4 Å². The summed E-state index contributed by atoms with van der Waals surface area (Å²) >= 11 is 5.74. The number of amides is 2. The van der Waals surface area contributed by atoms with E-state index >= 15 is 0 Å². The molecule has 1 unspecified atom stereocenters. The summed E-state index contributed by atoms with van der Waals surface area (Å²) in [5.74, 6) is -0.266. The van der Waals surface area contributed by atoms with Gasteiger partial charge in [-0.3, -0.25) is 9.59 Å². The van der Waals surface area contributed by atoms with Gasteiger partial charge >= 0.3 is 0 Å². The van der Waals surface area contributed by atoms with Crippen LogP contribution in [0.4, 0.5) is 11.4 Å². The zero-order valence-corrected chi connectivity index (χ0v) is 17.5. The molecule has 1 saturated carbocycles. The second kappa shape index (κ2) is 9.49. The van der Waals surface area contributed by atoms with Crippen LogP contribution in [0.2, 0.25) is 0 Å². The zero-order valence-electron chi connectivity index (χ0n) is 15.8. The summed E-state index contributed by atoms with van der Waals surface area (Å²) in [5.41, 5.74) is 7.40. The maximum Gasteiger partial charge on any atom is 0.255 e. The Balaban J connectivity index is 0.000000320. The summed E-state index contributed by atoms with van der Waals surface area (Å²) in [6.07, 6.45) is 5.25. The Hall–Kier alpha value is -1.96. The Morgan fingerprint density at radius 2 is 1.96 bits per heavy atom. The monoisotopic (exact) mass is 415 g/mol. The number of carbonyl (C=O) groups is 2. The summed E-state index contributed by atoms with van der Waals surface area (Å²) in [7, 11) is 0. The van der Waals surface area contributed by atoms with Crippen LogP contribution in [0.15, 0.2) is 52.3 Å². The van der Waals surface area contributed by atoms with Crippen molar-refractivity contribution in [2.45, 2.75) is 53.7 Å². The van der Waals surface area contributed by atoms with Gasteiger partial charge in [-0.1, -0.05) is 18.9 Å². The standard InChI is InChI=1S/C16H14N2O2S2.C5H11N/c1-9-15(19)18-13-7-10(5-6-14(13)22-9)16(20)17-11-3-2-4-12(21)8-11;6-5-3-1-2-4-5/h2-9,21H,1H3,(H,17,20)(H,18,19);5H,1-4,6H2. The lowest BCUT2D eigenvalue weighted by molar-refractivity contribution is -0.115. The number of hydrogen-bond acceptors (Lipinski definition) is 5. The van der Waals surface area contributed by atoms with Crippen molar-refractivity contribution < 1.29 is 9.59 Å². The van der Waals surface area contributed by atoms with Gasteiger partial charge in [0, 0.05) is 27.1 Å². The second-order valence-corrected chi connectivity index (χ2v) is 8.91. The molecule has 4 N–H and O–H groups in total. The third-order valence-electron chi connectivity index (χ3n) is 4.68. The summed E-state index contributed by atoms with van der Waals surface area (Å²) in [6.45, 7) is 1.86. The lowest BCUT2D eigenvalue weighted by Crippen LogP contribution is -2.26. The smallest absolute Gasteiger partial charge is 0.255 e. The number of hydrogen-bond donors (Lipinski definition) is 4. The minimum Gasteiger partial charge on any atom is -0.328 e. The lowest BCUT2D eigenvalue weighted by Gasteiger charge is -2.21. The van der Waals surface area contributed by atoms with Crippen LogP contribution in [0.25, 0.3) is 0 Å². The second-order valence-electron chi connectivity index (χ2n) is 7.01. The maximum absolute atomic E-state index is 12.3. The van der Waals surface area contributed by atoms with Crippen LogP contribution in [0.5, 0.6) is 0 Å². The number of anilines is 2. The van der Waals surface area contributed by atoms with Gasteiger partial charge in [-0.05, 0) is 56.2 Å². The highest BCUT2D eigenvalue weighted by atomic mass is 32.2. The molecule has 0 bridgehead atoms. The minimum absolute atomic E-state index is 0.0437. The van der Waals surface area contributed by atoms with E-state index in [2.05, 4.69) is 23.3 Å². The molecule has 28 heavy (non-hydrogen) atoms. The Kier molecular flexibility index (Phi) is 7.04. The average molecular weight is 416 g/mol. The SMILES string of the molecule is CC1Sc2ccc(C(=O)Nc3cccc(S)c3)cc2NC1=O.NC1CCCC1. The number of fused-ring (bicyclic) bond motifs is 1. The van der Waals surface area contributed by atoms with Crippen molar-refractivity contribution >= 4 is 47.6 Å². The van der Waals surface area contributed by atoms with E-state index in [9.17, 15) is 9.59 Å². The van der Waals surface area contributed by atoms with Crippen LogP contribution < -0.4 is 16.4 Å². The molecule has 0 aromatic heterocycles. The van der Waals surface area contributed by atoms with Crippen LogP contribution in [0.1, 0.15) is 43.0 Å². The number of benzene rings is 2. The van der Waals surface area contributed by atoms with E-state index in [0.717, 1.165) is 9.79 Å². The molecule has 0 saturated heterocycles. The van der Waals surface area contributed by atoms with Gasteiger partial charge in [0.2, 0.25) is 5.91 Å². The van der Waals surface area contributed by atoms with Gasteiger partial charge in [-0.25, -0.2) is 0 Å². The van der Waals surface area contributed by atoms with Gasteiger partial charge in [0.15, 0.2) is 0 Å². The Morgan fingerprint density at radius 1 is 1.21 bits per heavy atom. The van der Waals surface area contributed by atoms with Gasteiger partial charge in [0.1, 0.15) is 0 Å². The highest BCUT2D eigenvalue weighted by Gasteiger charge is 2.23. The number of thioether (sulfide) groups is 1. The van der Waals surface area contributed by atoms with Crippen LogP contribution in [-0.4, -0.2) is 23.1 Å². The molecule has 7 heteroatoms. The van der Waals surface area contributed by atoms with E-state index in [1.807, 2.05) is 25.1 Å². The normalized spacial score (nSPS) is 18.5. The molecule has 1 fully saturated rings. The molecule has 4 rings (SSSR count). The number of carbonyl (C=O) groups excluding carboxylic acids is 2. The molecule has 0 radical (unpaired) electrons. The van der Waals surface area contributed by atoms with Gasteiger partial charge in [0.25, 0.3) is 5.91 Å². The molecule has 5 nitrogen and oxygen atoms in total. The summed E-state index contributed by atoms with van der Waals surface area (Å²) in [5, 5.41) is 5.52. The van der Waals surface area contributed by atoms with Crippen molar-refractivity contribution in [3.05, 3.63) is 48.0 Å². The van der Waals surface area contributed by atoms with Crippen molar-refractivity contribution in [3.63, 3.8) is 0 Å². The van der Waals surface area contributed by atoms with Gasteiger partial charge in [-0.15, -0.1) is 24.4 Å².